The monoisotopic (exact) mass is 451 g/mol. The maximum absolute atomic E-state index is 13.1. The second-order valence-electron chi connectivity index (χ2n) is 8.07. The molecule has 172 valence electrons. The Labute approximate surface area is 183 Å². The SMILES string of the molecule is Cc1nn(-c2cccc(C(F)(F)F)c2)c(C)c1C(=O)C(=O)N1CCC(C2OCCO2)CC1. The molecule has 2 aromatic rings. The Kier molecular flexibility index (Phi) is 6.09. The fourth-order valence-electron chi connectivity index (χ4n) is 4.31. The van der Waals surface area contributed by atoms with Crippen molar-refractivity contribution in [2.75, 3.05) is 26.3 Å². The standard InChI is InChI=1S/C22H24F3N3O4/c1-13-18(14(2)28(26-13)17-5-3-4-16(12-17)22(23,24)25)19(29)20(30)27-8-6-15(7-9-27)21-31-10-11-32-21/h3-5,12,15,21H,6-11H2,1-2H3. The molecule has 1 aromatic heterocycles. The number of likely N-dealkylation sites (tertiary alicyclic amines) is 1. The van der Waals surface area contributed by atoms with Gasteiger partial charge in [-0.15, -0.1) is 0 Å². The lowest BCUT2D eigenvalue weighted by Gasteiger charge is -2.33. The van der Waals surface area contributed by atoms with E-state index in [1.807, 2.05) is 0 Å². The van der Waals surface area contributed by atoms with Gasteiger partial charge in [-0.25, -0.2) is 4.68 Å². The minimum Gasteiger partial charge on any atom is -0.350 e. The van der Waals surface area contributed by atoms with Crippen LogP contribution in [0.15, 0.2) is 24.3 Å². The topological polar surface area (TPSA) is 73.7 Å². The highest BCUT2D eigenvalue weighted by atomic mass is 19.4. The zero-order chi connectivity index (χ0) is 23.0. The number of piperidine rings is 1. The summed E-state index contributed by atoms with van der Waals surface area (Å²) in [6.45, 7) is 5.10. The highest BCUT2D eigenvalue weighted by molar-refractivity contribution is 6.43. The van der Waals surface area contributed by atoms with Crippen LogP contribution in [0.4, 0.5) is 13.2 Å². The minimum absolute atomic E-state index is 0.122. The maximum atomic E-state index is 13.1. The van der Waals surface area contributed by atoms with E-state index in [1.54, 1.807) is 13.8 Å². The fourth-order valence-corrected chi connectivity index (χ4v) is 4.31. The Balaban J connectivity index is 1.51. The van der Waals surface area contributed by atoms with Crippen LogP contribution in [0.5, 0.6) is 0 Å². The van der Waals surface area contributed by atoms with Gasteiger partial charge in [0.2, 0.25) is 0 Å². The molecule has 32 heavy (non-hydrogen) atoms. The predicted octanol–water partition coefficient (Wildman–Crippen LogP) is 3.30. The number of halogens is 3. The third-order valence-corrected chi connectivity index (χ3v) is 5.99. The number of nitrogens with zero attached hydrogens (tertiary/aromatic N) is 3. The quantitative estimate of drug-likeness (QED) is 0.527. The lowest BCUT2D eigenvalue weighted by atomic mass is 9.95. The molecule has 0 aliphatic carbocycles. The van der Waals surface area contributed by atoms with Crippen LogP contribution in [-0.2, 0) is 20.4 Å². The zero-order valence-corrected chi connectivity index (χ0v) is 17.8. The fraction of sp³-hybridized carbons (Fsp3) is 0.500. The van der Waals surface area contributed by atoms with E-state index in [2.05, 4.69) is 5.10 Å². The number of hydrogen-bond acceptors (Lipinski definition) is 5. The molecule has 3 heterocycles. The van der Waals surface area contributed by atoms with E-state index in [0.29, 0.717) is 50.5 Å². The molecule has 2 aliphatic heterocycles. The molecule has 2 fully saturated rings. The molecule has 1 amide bonds. The van der Waals surface area contributed by atoms with Crippen molar-refractivity contribution in [2.24, 2.45) is 5.92 Å². The van der Waals surface area contributed by atoms with Crippen molar-refractivity contribution in [1.29, 1.82) is 0 Å². The number of rotatable bonds is 4. The number of aromatic nitrogens is 2. The first-order chi connectivity index (χ1) is 15.2. The summed E-state index contributed by atoms with van der Waals surface area (Å²) in [4.78, 5) is 27.4. The van der Waals surface area contributed by atoms with Crippen molar-refractivity contribution in [3.63, 3.8) is 0 Å². The molecule has 0 unspecified atom stereocenters. The van der Waals surface area contributed by atoms with Gasteiger partial charge in [-0.1, -0.05) is 6.07 Å². The Bertz CT molecular complexity index is 1020. The average molecular weight is 451 g/mol. The number of ether oxygens (including phenoxy) is 2. The van der Waals surface area contributed by atoms with Crippen LogP contribution in [0, 0.1) is 19.8 Å². The molecule has 7 nitrogen and oxygen atoms in total. The summed E-state index contributed by atoms with van der Waals surface area (Å²) >= 11 is 0. The lowest BCUT2D eigenvalue weighted by molar-refractivity contribution is -0.137. The van der Waals surface area contributed by atoms with E-state index in [1.165, 1.54) is 21.7 Å². The highest BCUT2D eigenvalue weighted by Gasteiger charge is 2.35. The molecule has 0 bridgehead atoms. The van der Waals surface area contributed by atoms with E-state index in [4.69, 9.17) is 9.47 Å². The van der Waals surface area contributed by atoms with E-state index >= 15 is 0 Å². The number of alkyl halides is 3. The van der Waals surface area contributed by atoms with Crippen molar-refractivity contribution < 1.29 is 32.2 Å². The van der Waals surface area contributed by atoms with Crippen molar-refractivity contribution in [1.82, 2.24) is 14.7 Å². The molecule has 0 saturated carbocycles. The summed E-state index contributed by atoms with van der Waals surface area (Å²) in [7, 11) is 0. The molecular formula is C22H24F3N3O4. The number of amides is 1. The van der Waals surface area contributed by atoms with E-state index in [9.17, 15) is 22.8 Å². The predicted molar refractivity (Wildman–Crippen MR) is 107 cm³/mol. The normalized spacial score (nSPS) is 18.3. The summed E-state index contributed by atoms with van der Waals surface area (Å²) in [5.74, 6) is -1.15. The molecule has 0 radical (unpaired) electrons. The van der Waals surface area contributed by atoms with Gasteiger partial charge < -0.3 is 14.4 Å². The van der Waals surface area contributed by atoms with Crippen LogP contribution in [-0.4, -0.2) is 59.0 Å². The first-order valence-corrected chi connectivity index (χ1v) is 10.5. The largest absolute Gasteiger partial charge is 0.416 e. The van der Waals surface area contributed by atoms with Crippen molar-refractivity contribution in [3.8, 4) is 5.69 Å². The van der Waals surface area contributed by atoms with Gasteiger partial charge in [0.05, 0.1) is 41.4 Å². The van der Waals surface area contributed by atoms with Gasteiger partial charge in [-0.2, -0.15) is 18.3 Å². The lowest BCUT2D eigenvalue weighted by Crippen LogP contribution is -2.44. The van der Waals surface area contributed by atoms with Crippen molar-refractivity contribution in [3.05, 3.63) is 46.8 Å². The second-order valence-corrected chi connectivity index (χ2v) is 8.07. The summed E-state index contributed by atoms with van der Waals surface area (Å²) in [6, 6.07) is 4.69. The Morgan fingerprint density at radius 1 is 1.09 bits per heavy atom. The van der Waals surface area contributed by atoms with E-state index in [-0.39, 0.29) is 23.5 Å². The maximum Gasteiger partial charge on any atom is 0.416 e. The van der Waals surface area contributed by atoms with Crippen molar-refractivity contribution >= 4 is 11.7 Å². The molecule has 1 aromatic carbocycles. The van der Waals surface area contributed by atoms with Gasteiger partial charge >= 0.3 is 6.18 Å². The third-order valence-electron chi connectivity index (χ3n) is 5.99. The number of Topliss-reactive ketones (excluding diaryl/α,β-unsaturated/α-hetero) is 1. The first-order valence-electron chi connectivity index (χ1n) is 10.5. The number of aryl methyl sites for hydroxylation is 1. The summed E-state index contributed by atoms with van der Waals surface area (Å²) in [6.07, 6.45) is -3.41. The number of carbonyl (C=O) groups is 2. The Morgan fingerprint density at radius 2 is 1.75 bits per heavy atom. The number of hydrogen-bond donors (Lipinski definition) is 0. The van der Waals surface area contributed by atoms with Gasteiger partial charge in [0, 0.05) is 19.0 Å². The molecule has 0 spiro atoms. The van der Waals surface area contributed by atoms with Crippen LogP contribution in [0.25, 0.3) is 5.69 Å². The third kappa shape index (κ3) is 4.29. The first kappa shape index (κ1) is 22.5. The summed E-state index contributed by atoms with van der Waals surface area (Å²) in [5, 5.41) is 4.24. The Morgan fingerprint density at radius 3 is 2.38 bits per heavy atom. The zero-order valence-electron chi connectivity index (χ0n) is 17.8. The molecule has 10 heteroatoms. The van der Waals surface area contributed by atoms with Crippen LogP contribution in [0.3, 0.4) is 0 Å². The molecular weight excluding hydrogens is 427 g/mol. The van der Waals surface area contributed by atoms with Crippen LogP contribution < -0.4 is 0 Å². The molecule has 2 saturated heterocycles. The minimum atomic E-state index is -4.50. The number of benzene rings is 1. The number of ketones is 1. The van der Waals surface area contributed by atoms with Crippen LogP contribution >= 0.6 is 0 Å². The second kappa shape index (κ2) is 8.67. The van der Waals surface area contributed by atoms with E-state index in [0.717, 1.165) is 12.1 Å². The highest BCUT2D eigenvalue weighted by Crippen LogP contribution is 2.31. The van der Waals surface area contributed by atoms with Gasteiger partial charge in [0.25, 0.3) is 11.7 Å². The Hall–Kier alpha value is -2.72. The van der Waals surface area contributed by atoms with Crippen molar-refractivity contribution in [2.45, 2.75) is 39.2 Å². The molecule has 4 rings (SSSR count). The van der Waals surface area contributed by atoms with Gasteiger partial charge in [0.1, 0.15) is 0 Å². The summed E-state index contributed by atoms with van der Waals surface area (Å²) < 4.78 is 51.6. The van der Waals surface area contributed by atoms with Gasteiger partial charge in [-0.05, 0) is 44.9 Å². The van der Waals surface area contributed by atoms with Gasteiger partial charge in [-0.3, -0.25) is 9.59 Å². The summed E-state index contributed by atoms with van der Waals surface area (Å²) in [5.41, 5.74) is 0.0922. The number of carbonyl (C=O) groups excluding carboxylic acids is 2. The van der Waals surface area contributed by atoms with Crippen LogP contribution in [0.1, 0.15) is 40.2 Å². The average Bonchev–Trinajstić information content (AvgIpc) is 3.41. The molecule has 2 aliphatic rings. The smallest absolute Gasteiger partial charge is 0.350 e. The molecule has 0 N–H and O–H groups in total. The van der Waals surface area contributed by atoms with Gasteiger partial charge in [0.15, 0.2) is 6.29 Å². The molecule has 0 atom stereocenters. The van der Waals surface area contributed by atoms with E-state index < -0.39 is 23.4 Å². The van der Waals surface area contributed by atoms with Crippen LogP contribution in [0.2, 0.25) is 0 Å².